The Hall–Kier alpha value is -1.95. The number of nitrogens with zero attached hydrogens (tertiary/aromatic N) is 2. The smallest absolute Gasteiger partial charge is 0.273 e. The van der Waals surface area contributed by atoms with Gasteiger partial charge in [-0.15, -0.1) is 0 Å². The van der Waals surface area contributed by atoms with E-state index < -0.39 is 23.8 Å². The van der Waals surface area contributed by atoms with Crippen molar-refractivity contribution in [2.45, 2.75) is 19.4 Å². The number of halogens is 1. The minimum absolute atomic E-state index is 0.119. The molecule has 1 aliphatic heterocycles. The lowest BCUT2D eigenvalue weighted by Gasteiger charge is -2.33. The van der Waals surface area contributed by atoms with Crippen molar-refractivity contribution >= 4 is 29.3 Å². The van der Waals surface area contributed by atoms with Crippen molar-refractivity contribution in [2.24, 2.45) is 0 Å². The SMILES string of the molecule is CCC1C(=O)NC(=O)CN1C(=O)c1cc(Cl)ccn1. The van der Waals surface area contributed by atoms with Gasteiger partial charge in [-0.2, -0.15) is 0 Å². The minimum Gasteiger partial charge on any atom is -0.316 e. The summed E-state index contributed by atoms with van der Waals surface area (Å²) in [5.41, 5.74) is 0.119. The van der Waals surface area contributed by atoms with E-state index in [0.717, 1.165) is 0 Å². The Morgan fingerprint density at radius 1 is 1.58 bits per heavy atom. The van der Waals surface area contributed by atoms with Crippen LogP contribution in [0.3, 0.4) is 0 Å². The molecule has 0 bridgehead atoms. The third-order valence-corrected chi connectivity index (χ3v) is 3.08. The third kappa shape index (κ3) is 2.73. The van der Waals surface area contributed by atoms with Crippen LogP contribution in [0.25, 0.3) is 0 Å². The Morgan fingerprint density at radius 3 is 2.95 bits per heavy atom. The zero-order chi connectivity index (χ0) is 14.0. The molecule has 1 unspecified atom stereocenters. The molecule has 7 heteroatoms. The van der Waals surface area contributed by atoms with Crippen molar-refractivity contribution in [1.82, 2.24) is 15.2 Å². The molecule has 1 N–H and O–H groups in total. The summed E-state index contributed by atoms with van der Waals surface area (Å²) in [5.74, 6) is -1.43. The van der Waals surface area contributed by atoms with E-state index in [0.29, 0.717) is 11.4 Å². The maximum Gasteiger partial charge on any atom is 0.273 e. The molecule has 19 heavy (non-hydrogen) atoms. The van der Waals surface area contributed by atoms with Gasteiger partial charge in [0.2, 0.25) is 11.8 Å². The normalized spacial score (nSPS) is 19.3. The molecule has 1 aliphatic rings. The molecule has 0 radical (unpaired) electrons. The molecule has 1 aromatic heterocycles. The molecule has 0 aromatic carbocycles. The van der Waals surface area contributed by atoms with E-state index in [4.69, 9.17) is 11.6 Å². The number of piperazine rings is 1. The molecule has 0 aliphatic carbocycles. The first-order chi connectivity index (χ1) is 9.02. The van der Waals surface area contributed by atoms with Gasteiger partial charge in [0.25, 0.3) is 5.91 Å². The summed E-state index contributed by atoms with van der Waals surface area (Å²) in [6, 6.07) is 2.29. The quantitative estimate of drug-likeness (QED) is 0.806. The maximum atomic E-state index is 12.3. The van der Waals surface area contributed by atoms with Gasteiger partial charge in [0.05, 0.1) is 0 Å². The van der Waals surface area contributed by atoms with Gasteiger partial charge in [0.15, 0.2) is 0 Å². The average molecular weight is 282 g/mol. The van der Waals surface area contributed by atoms with Gasteiger partial charge >= 0.3 is 0 Å². The number of carbonyl (C=O) groups is 3. The maximum absolute atomic E-state index is 12.3. The first-order valence-electron chi connectivity index (χ1n) is 5.79. The van der Waals surface area contributed by atoms with Crippen LogP contribution >= 0.6 is 11.6 Å². The van der Waals surface area contributed by atoms with Crippen LogP contribution in [-0.4, -0.2) is 40.2 Å². The molecule has 0 saturated carbocycles. The van der Waals surface area contributed by atoms with Gasteiger partial charge in [0.1, 0.15) is 18.3 Å². The second kappa shape index (κ2) is 5.36. The van der Waals surface area contributed by atoms with Crippen molar-refractivity contribution in [3.05, 3.63) is 29.0 Å². The minimum atomic E-state index is -0.661. The van der Waals surface area contributed by atoms with Crippen LogP contribution in [0, 0.1) is 0 Å². The predicted octanol–water partition coefficient (Wildman–Crippen LogP) is 0.612. The number of pyridine rings is 1. The average Bonchev–Trinajstić information content (AvgIpc) is 2.37. The lowest BCUT2D eigenvalue weighted by molar-refractivity contribution is -0.138. The van der Waals surface area contributed by atoms with Crippen molar-refractivity contribution in [3.63, 3.8) is 0 Å². The molecule has 100 valence electrons. The summed E-state index contributed by atoms with van der Waals surface area (Å²) in [4.78, 5) is 40.5. The van der Waals surface area contributed by atoms with Crippen molar-refractivity contribution < 1.29 is 14.4 Å². The summed E-state index contributed by atoms with van der Waals surface area (Å²) in [6.45, 7) is 1.61. The molecule has 0 spiro atoms. The van der Waals surface area contributed by atoms with Gasteiger partial charge in [0, 0.05) is 11.2 Å². The van der Waals surface area contributed by atoms with Crippen LogP contribution in [0.2, 0.25) is 5.02 Å². The monoisotopic (exact) mass is 281 g/mol. The molecule has 1 atom stereocenters. The molecule has 2 heterocycles. The number of hydrogen-bond donors (Lipinski definition) is 1. The topological polar surface area (TPSA) is 79.4 Å². The molecular weight excluding hydrogens is 270 g/mol. The number of carbonyl (C=O) groups excluding carboxylic acids is 3. The van der Waals surface area contributed by atoms with Gasteiger partial charge in [-0.25, -0.2) is 0 Å². The van der Waals surface area contributed by atoms with Gasteiger partial charge < -0.3 is 4.90 Å². The number of amides is 3. The number of rotatable bonds is 2. The lowest BCUT2D eigenvalue weighted by Crippen LogP contribution is -2.59. The molecule has 1 fully saturated rings. The predicted molar refractivity (Wildman–Crippen MR) is 67.5 cm³/mol. The fourth-order valence-electron chi connectivity index (χ4n) is 1.95. The highest BCUT2D eigenvalue weighted by molar-refractivity contribution is 6.30. The number of nitrogens with one attached hydrogen (secondary N) is 1. The van der Waals surface area contributed by atoms with Crippen molar-refractivity contribution in [2.75, 3.05) is 6.54 Å². The molecule has 3 amide bonds. The van der Waals surface area contributed by atoms with E-state index in [1.165, 1.54) is 17.2 Å². The second-order valence-corrected chi connectivity index (χ2v) is 4.57. The van der Waals surface area contributed by atoms with Crippen molar-refractivity contribution in [1.29, 1.82) is 0 Å². The zero-order valence-corrected chi connectivity index (χ0v) is 11.0. The lowest BCUT2D eigenvalue weighted by atomic mass is 10.1. The van der Waals surface area contributed by atoms with E-state index in [2.05, 4.69) is 10.3 Å². The number of hydrogen-bond acceptors (Lipinski definition) is 4. The summed E-state index contributed by atoms with van der Waals surface area (Å²) in [7, 11) is 0. The Kier molecular flexibility index (Phi) is 3.80. The Bertz CT molecular complexity index is 547. The standard InChI is InChI=1S/C12H12ClN3O3/c1-2-9-11(18)15-10(17)6-16(9)12(19)8-5-7(13)3-4-14-8/h3-5,9H,2,6H2,1H3,(H,15,17,18). The summed E-state index contributed by atoms with van der Waals surface area (Å²) in [5, 5.41) is 2.58. The van der Waals surface area contributed by atoms with Gasteiger partial charge in [-0.3, -0.25) is 24.7 Å². The highest BCUT2D eigenvalue weighted by Gasteiger charge is 2.36. The van der Waals surface area contributed by atoms with Gasteiger partial charge in [-0.05, 0) is 18.6 Å². The molecule has 1 aromatic rings. The van der Waals surface area contributed by atoms with Crippen LogP contribution in [0.1, 0.15) is 23.8 Å². The van der Waals surface area contributed by atoms with E-state index in [-0.39, 0.29) is 12.2 Å². The summed E-state index contributed by atoms with van der Waals surface area (Å²) < 4.78 is 0. The van der Waals surface area contributed by atoms with Crippen molar-refractivity contribution in [3.8, 4) is 0 Å². The summed E-state index contributed by atoms with van der Waals surface area (Å²) in [6.07, 6.45) is 1.83. The Balaban J connectivity index is 2.30. The fraction of sp³-hybridized carbons (Fsp3) is 0.333. The van der Waals surface area contributed by atoms with Crippen LogP contribution in [0.15, 0.2) is 18.3 Å². The second-order valence-electron chi connectivity index (χ2n) is 4.13. The van der Waals surface area contributed by atoms with E-state index in [1.54, 1.807) is 13.0 Å². The van der Waals surface area contributed by atoms with Gasteiger partial charge in [-0.1, -0.05) is 18.5 Å². The van der Waals surface area contributed by atoms with Crippen LogP contribution in [-0.2, 0) is 9.59 Å². The molecular formula is C12H12ClN3O3. The molecule has 1 saturated heterocycles. The van der Waals surface area contributed by atoms with E-state index in [1.807, 2.05) is 0 Å². The highest BCUT2D eigenvalue weighted by Crippen LogP contribution is 2.15. The third-order valence-electron chi connectivity index (χ3n) is 2.84. The number of aromatic nitrogens is 1. The van der Waals surface area contributed by atoms with E-state index >= 15 is 0 Å². The first-order valence-corrected chi connectivity index (χ1v) is 6.17. The van der Waals surface area contributed by atoms with Crippen LogP contribution in [0.4, 0.5) is 0 Å². The first kappa shape index (κ1) is 13.5. The zero-order valence-electron chi connectivity index (χ0n) is 10.2. The largest absolute Gasteiger partial charge is 0.316 e. The highest BCUT2D eigenvalue weighted by atomic mass is 35.5. The Labute approximate surface area is 114 Å². The summed E-state index contributed by atoms with van der Waals surface area (Å²) >= 11 is 5.80. The number of imide groups is 1. The molecule has 2 rings (SSSR count). The molecule has 6 nitrogen and oxygen atoms in total. The van der Waals surface area contributed by atoms with E-state index in [9.17, 15) is 14.4 Å². The van der Waals surface area contributed by atoms with Crippen LogP contribution in [0.5, 0.6) is 0 Å². The fourth-order valence-corrected chi connectivity index (χ4v) is 2.11. The van der Waals surface area contributed by atoms with Crippen LogP contribution < -0.4 is 5.32 Å². The Morgan fingerprint density at radius 2 is 2.32 bits per heavy atom.